The third kappa shape index (κ3) is 6.40. The topological polar surface area (TPSA) is 137 Å². The third-order valence-corrected chi connectivity index (χ3v) is 5.42. The molecule has 1 aliphatic rings. The van der Waals surface area contributed by atoms with Crippen molar-refractivity contribution in [1.29, 1.82) is 0 Å². The van der Waals surface area contributed by atoms with Gasteiger partial charge in [-0.3, -0.25) is 14.4 Å². The second-order valence-corrected chi connectivity index (χ2v) is 8.65. The summed E-state index contributed by atoms with van der Waals surface area (Å²) in [4.78, 5) is 38.4. The van der Waals surface area contributed by atoms with E-state index in [2.05, 4.69) is 10.6 Å². The van der Waals surface area contributed by atoms with Crippen LogP contribution in [0.3, 0.4) is 0 Å². The molecule has 0 saturated carbocycles. The number of benzene rings is 2. The van der Waals surface area contributed by atoms with E-state index in [1.54, 1.807) is 30.3 Å². The molecule has 0 aromatic heterocycles. The molecule has 1 fully saturated rings. The van der Waals surface area contributed by atoms with Gasteiger partial charge in [0.2, 0.25) is 5.91 Å². The molecule has 0 aliphatic carbocycles. The Morgan fingerprint density at radius 1 is 1.00 bits per heavy atom. The lowest BCUT2D eigenvalue weighted by molar-refractivity contribution is -0.133. The first-order valence-electron chi connectivity index (χ1n) is 11.1. The molecule has 0 bridgehead atoms. The van der Waals surface area contributed by atoms with Crippen LogP contribution in [0, 0.1) is 5.92 Å². The number of aliphatic hydroxyl groups excluding tert-OH is 2. The first kappa shape index (κ1) is 25.4. The third-order valence-electron chi connectivity index (χ3n) is 5.42. The number of hydrogen-bond donors (Lipinski definition) is 4. The lowest BCUT2D eigenvalue weighted by Crippen LogP contribution is -2.55. The van der Waals surface area contributed by atoms with Crippen LogP contribution in [0.2, 0.25) is 0 Å². The molecule has 0 radical (unpaired) electrons. The van der Waals surface area contributed by atoms with Crippen LogP contribution >= 0.6 is 0 Å². The van der Waals surface area contributed by atoms with Gasteiger partial charge >= 0.3 is 0 Å². The van der Waals surface area contributed by atoms with Crippen LogP contribution in [-0.4, -0.2) is 65.3 Å². The van der Waals surface area contributed by atoms with Gasteiger partial charge in [0.05, 0.1) is 25.9 Å². The number of ketones is 1. The first-order valence-corrected chi connectivity index (χ1v) is 11.1. The fourth-order valence-electron chi connectivity index (χ4n) is 3.45. The van der Waals surface area contributed by atoms with Crippen molar-refractivity contribution in [3.05, 3.63) is 60.2 Å². The summed E-state index contributed by atoms with van der Waals surface area (Å²) in [6, 6.07) is 13.3. The fraction of sp³-hybridized carbons (Fsp3) is 0.400. The van der Waals surface area contributed by atoms with E-state index in [9.17, 15) is 24.6 Å². The number of carbonyl (C=O) groups is 3. The van der Waals surface area contributed by atoms with Crippen LogP contribution in [0.25, 0.3) is 0 Å². The second kappa shape index (κ2) is 11.2. The van der Waals surface area contributed by atoms with Crippen LogP contribution in [0.15, 0.2) is 54.6 Å². The average molecular weight is 471 g/mol. The van der Waals surface area contributed by atoms with Crippen molar-refractivity contribution in [1.82, 2.24) is 10.6 Å². The fourth-order valence-corrected chi connectivity index (χ4v) is 3.45. The van der Waals surface area contributed by atoms with Gasteiger partial charge in [0, 0.05) is 5.56 Å². The zero-order chi connectivity index (χ0) is 24.7. The van der Waals surface area contributed by atoms with Crippen LogP contribution < -0.4 is 15.4 Å². The number of para-hydroxylation sites is 1. The van der Waals surface area contributed by atoms with Crippen LogP contribution in [0.4, 0.5) is 0 Å². The maximum Gasteiger partial charge on any atom is 0.252 e. The van der Waals surface area contributed by atoms with Gasteiger partial charge in [0.1, 0.15) is 17.5 Å². The molecule has 2 aromatic carbocycles. The summed E-state index contributed by atoms with van der Waals surface area (Å²) in [5, 5.41) is 24.3. The summed E-state index contributed by atoms with van der Waals surface area (Å²) >= 11 is 0. The van der Waals surface area contributed by atoms with E-state index in [0.717, 1.165) is 0 Å². The van der Waals surface area contributed by atoms with Gasteiger partial charge in [-0.15, -0.1) is 0 Å². The largest absolute Gasteiger partial charge is 0.457 e. The molecule has 3 atom stereocenters. The Balaban J connectivity index is 1.66. The van der Waals surface area contributed by atoms with E-state index in [0.29, 0.717) is 17.9 Å². The number of epoxide rings is 1. The Kier molecular flexibility index (Phi) is 8.38. The number of Topliss-reactive ketones (excluding diaryl/α,β-unsaturated/α-hetero) is 1. The van der Waals surface area contributed by atoms with Gasteiger partial charge in [-0.25, -0.2) is 0 Å². The van der Waals surface area contributed by atoms with Crippen molar-refractivity contribution in [2.45, 2.75) is 38.0 Å². The molecule has 4 N–H and O–H groups in total. The lowest BCUT2D eigenvalue weighted by atomic mass is 9.92. The number of ether oxygens (including phenoxy) is 2. The highest BCUT2D eigenvalue weighted by Gasteiger charge is 2.54. The maximum absolute atomic E-state index is 12.8. The molecule has 9 nitrogen and oxygen atoms in total. The lowest BCUT2D eigenvalue weighted by Gasteiger charge is -2.24. The molecular formula is C25H30N2O7. The Morgan fingerprint density at radius 2 is 1.68 bits per heavy atom. The van der Waals surface area contributed by atoms with Crippen molar-refractivity contribution in [2.24, 2.45) is 5.92 Å². The minimum Gasteiger partial charge on any atom is -0.457 e. The predicted molar refractivity (Wildman–Crippen MR) is 123 cm³/mol. The van der Waals surface area contributed by atoms with E-state index in [1.165, 1.54) is 6.07 Å². The molecule has 2 aromatic rings. The molecule has 0 spiro atoms. The van der Waals surface area contributed by atoms with Gasteiger partial charge in [-0.2, -0.15) is 0 Å². The number of aliphatic hydroxyl groups is 2. The summed E-state index contributed by atoms with van der Waals surface area (Å²) < 4.78 is 10.9. The summed E-state index contributed by atoms with van der Waals surface area (Å²) in [7, 11) is 0. The monoisotopic (exact) mass is 470 g/mol. The summed E-state index contributed by atoms with van der Waals surface area (Å²) in [5.41, 5.74) is -1.05. The molecule has 2 amide bonds. The highest BCUT2D eigenvalue weighted by molar-refractivity contribution is 6.00. The van der Waals surface area contributed by atoms with E-state index < -0.39 is 48.5 Å². The van der Waals surface area contributed by atoms with E-state index in [-0.39, 0.29) is 18.1 Å². The Morgan fingerprint density at radius 3 is 2.26 bits per heavy atom. The Labute approximate surface area is 198 Å². The van der Waals surface area contributed by atoms with Gasteiger partial charge in [-0.1, -0.05) is 38.1 Å². The van der Waals surface area contributed by atoms with Crippen molar-refractivity contribution >= 4 is 17.6 Å². The molecule has 1 heterocycles. The summed E-state index contributed by atoms with van der Waals surface area (Å²) in [6.07, 6.45) is 0.320. The van der Waals surface area contributed by atoms with Gasteiger partial charge in [0.15, 0.2) is 11.4 Å². The zero-order valence-corrected chi connectivity index (χ0v) is 19.2. The summed E-state index contributed by atoms with van der Waals surface area (Å²) in [6.45, 7) is 2.73. The van der Waals surface area contributed by atoms with E-state index in [4.69, 9.17) is 9.47 Å². The number of hydrogen-bond acceptors (Lipinski definition) is 7. The quantitative estimate of drug-likeness (QED) is 0.344. The smallest absolute Gasteiger partial charge is 0.252 e. The highest BCUT2D eigenvalue weighted by atomic mass is 16.6. The van der Waals surface area contributed by atoms with Gasteiger partial charge in [0.25, 0.3) is 5.91 Å². The van der Waals surface area contributed by atoms with Crippen LogP contribution in [-0.2, 0) is 14.3 Å². The SMILES string of the molecule is CC(C)C[C@H](NC(=O)[C@H](CO)NC(=O)c1cccc(Oc2ccccc2)c1)C(=O)[C@@]1(CO)CO1. The second-order valence-electron chi connectivity index (χ2n) is 8.65. The number of amides is 2. The maximum atomic E-state index is 12.8. The van der Waals surface area contributed by atoms with Crippen molar-refractivity contribution in [2.75, 3.05) is 19.8 Å². The molecule has 1 aliphatic heterocycles. The molecular weight excluding hydrogens is 440 g/mol. The molecule has 34 heavy (non-hydrogen) atoms. The van der Waals surface area contributed by atoms with Crippen molar-refractivity contribution in [3.63, 3.8) is 0 Å². The minimum absolute atomic E-state index is 0.0678. The molecule has 9 heteroatoms. The Hall–Kier alpha value is -3.27. The first-order chi connectivity index (χ1) is 16.3. The predicted octanol–water partition coefficient (Wildman–Crippen LogP) is 1.43. The molecule has 1 saturated heterocycles. The molecule has 0 unspecified atom stereocenters. The normalized spacial score (nSPS) is 18.6. The number of carbonyl (C=O) groups excluding carboxylic acids is 3. The summed E-state index contributed by atoms with van der Waals surface area (Å²) in [5.74, 6) is -0.611. The Bertz CT molecular complexity index is 1010. The van der Waals surface area contributed by atoms with E-state index in [1.807, 2.05) is 32.0 Å². The van der Waals surface area contributed by atoms with Crippen LogP contribution in [0.5, 0.6) is 11.5 Å². The number of nitrogens with one attached hydrogen (secondary N) is 2. The highest BCUT2D eigenvalue weighted by Crippen LogP contribution is 2.30. The minimum atomic E-state index is -1.29. The van der Waals surface area contributed by atoms with Gasteiger partial charge < -0.3 is 30.3 Å². The molecule has 3 rings (SSSR count). The van der Waals surface area contributed by atoms with Gasteiger partial charge in [-0.05, 0) is 42.7 Å². The van der Waals surface area contributed by atoms with E-state index >= 15 is 0 Å². The van der Waals surface area contributed by atoms with Crippen molar-refractivity contribution in [3.8, 4) is 11.5 Å². The number of rotatable bonds is 12. The zero-order valence-electron chi connectivity index (χ0n) is 19.2. The standard InChI is InChI=1S/C25H30N2O7/c1-16(2)11-20(22(30)25(14-29)15-33-25)26-24(32)21(13-28)27-23(31)17-7-6-10-19(12-17)34-18-8-4-3-5-9-18/h3-10,12,16,20-21,28-29H,11,13-15H2,1-2H3,(H,26,32)(H,27,31)/t20-,21-,25+/m0/s1. The van der Waals surface area contributed by atoms with Crippen molar-refractivity contribution < 1.29 is 34.1 Å². The average Bonchev–Trinajstić information content (AvgIpc) is 3.63. The van der Waals surface area contributed by atoms with Crippen LogP contribution in [0.1, 0.15) is 30.6 Å². The molecule has 182 valence electrons.